The molecule has 2 aromatic rings. The zero-order chi connectivity index (χ0) is 17.3. The predicted octanol–water partition coefficient (Wildman–Crippen LogP) is 2.62. The van der Waals surface area contributed by atoms with Crippen molar-refractivity contribution in [3.05, 3.63) is 22.6 Å². The molecule has 130 valence electrons. The molecule has 0 N–H and O–H groups in total. The molecule has 1 aliphatic heterocycles. The van der Waals surface area contributed by atoms with E-state index in [1.165, 1.54) is 12.3 Å². The Morgan fingerprint density at radius 1 is 1.33 bits per heavy atom. The van der Waals surface area contributed by atoms with Crippen LogP contribution in [-0.4, -0.2) is 58.1 Å². The molecule has 1 aliphatic rings. The van der Waals surface area contributed by atoms with E-state index in [-0.39, 0.29) is 21.7 Å². The number of hydrogen-bond donors (Lipinski definition) is 0. The van der Waals surface area contributed by atoms with Gasteiger partial charge >= 0.3 is 6.18 Å². The Labute approximate surface area is 143 Å². The Morgan fingerprint density at radius 3 is 2.88 bits per heavy atom. The molecule has 1 saturated heterocycles. The molecular formula is C14H14BrF3N4O2. The van der Waals surface area contributed by atoms with E-state index in [0.29, 0.717) is 38.1 Å². The van der Waals surface area contributed by atoms with E-state index in [1.807, 2.05) is 0 Å². The number of hydrogen-bond acceptors (Lipinski definition) is 4. The fourth-order valence-corrected chi connectivity index (χ4v) is 3.05. The maximum Gasteiger partial charge on any atom is 0.408 e. The molecule has 2 aromatic heterocycles. The van der Waals surface area contributed by atoms with Crippen LogP contribution in [0.4, 0.5) is 13.2 Å². The van der Waals surface area contributed by atoms with Crippen LogP contribution in [0.15, 0.2) is 16.9 Å². The van der Waals surface area contributed by atoms with Gasteiger partial charge in [0.1, 0.15) is 16.8 Å². The second-order valence-corrected chi connectivity index (χ2v) is 6.16. The average molecular weight is 407 g/mol. The van der Waals surface area contributed by atoms with Crippen molar-refractivity contribution < 1.29 is 22.7 Å². The van der Waals surface area contributed by atoms with E-state index in [2.05, 4.69) is 26.0 Å². The van der Waals surface area contributed by atoms with Crippen LogP contribution in [0, 0.1) is 0 Å². The first-order valence-electron chi connectivity index (χ1n) is 7.31. The number of pyridine rings is 1. The van der Waals surface area contributed by atoms with Crippen LogP contribution in [-0.2, 0) is 11.3 Å². The first kappa shape index (κ1) is 17.2. The lowest BCUT2D eigenvalue weighted by atomic mass is 10.2. The lowest BCUT2D eigenvalue weighted by Gasteiger charge is -2.19. The lowest BCUT2D eigenvalue weighted by Crippen LogP contribution is -2.33. The van der Waals surface area contributed by atoms with E-state index in [4.69, 9.17) is 4.74 Å². The van der Waals surface area contributed by atoms with E-state index in [1.54, 1.807) is 4.90 Å². The minimum atomic E-state index is -4.41. The predicted molar refractivity (Wildman–Crippen MR) is 82.6 cm³/mol. The summed E-state index contributed by atoms with van der Waals surface area (Å²) in [6.07, 6.45) is -2.33. The quantitative estimate of drug-likeness (QED) is 0.768. The zero-order valence-corrected chi connectivity index (χ0v) is 14.1. The Balaban J connectivity index is 1.94. The molecule has 6 nitrogen and oxygen atoms in total. The average Bonchev–Trinajstić information content (AvgIpc) is 2.71. The third kappa shape index (κ3) is 3.69. The molecule has 3 rings (SSSR count). The van der Waals surface area contributed by atoms with E-state index < -0.39 is 12.7 Å². The minimum absolute atomic E-state index is 0.0974. The molecule has 1 amide bonds. The van der Waals surface area contributed by atoms with Crippen molar-refractivity contribution in [1.29, 1.82) is 0 Å². The highest BCUT2D eigenvalue weighted by molar-refractivity contribution is 9.10. The largest absolute Gasteiger partial charge is 0.408 e. The summed E-state index contributed by atoms with van der Waals surface area (Å²) in [6, 6.07) is 1.35. The third-order valence-electron chi connectivity index (χ3n) is 3.65. The van der Waals surface area contributed by atoms with Crippen molar-refractivity contribution in [2.45, 2.75) is 19.1 Å². The summed E-state index contributed by atoms with van der Waals surface area (Å²) in [6.45, 7) is 0.755. The highest BCUT2D eigenvalue weighted by atomic mass is 79.9. The topological polar surface area (TPSA) is 60.2 Å². The van der Waals surface area contributed by atoms with E-state index in [0.717, 1.165) is 4.68 Å². The number of carbonyl (C=O) groups is 1. The Morgan fingerprint density at radius 2 is 2.12 bits per heavy atom. The fourth-order valence-electron chi connectivity index (χ4n) is 2.55. The van der Waals surface area contributed by atoms with Gasteiger partial charge in [-0.2, -0.15) is 18.3 Å². The van der Waals surface area contributed by atoms with Gasteiger partial charge in [0.2, 0.25) is 0 Å². The van der Waals surface area contributed by atoms with E-state index in [9.17, 15) is 18.0 Å². The van der Waals surface area contributed by atoms with Crippen molar-refractivity contribution >= 4 is 32.7 Å². The van der Waals surface area contributed by atoms with E-state index >= 15 is 0 Å². The minimum Gasteiger partial charge on any atom is -0.380 e. The molecule has 0 unspecified atom stereocenters. The Kier molecular flexibility index (Phi) is 4.77. The smallest absolute Gasteiger partial charge is 0.380 e. The lowest BCUT2D eigenvalue weighted by molar-refractivity contribution is -0.141. The number of fused-ring (bicyclic) bond motifs is 1. The number of halogens is 4. The molecule has 0 aliphatic carbocycles. The monoisotopic (exact) mass is 406 g/mol. The van der Waals surface area contributed by atoms with Gasteiger partial charge in [0.25, 0.3) is 5.91 Å². The van der Waals surface area contributed by atoms with Gasteiger partial charge < -0.3 is 9.64 Å². The summed E-state index contributed by atoms with van der Waals surface area (Å²) in [5.41, 5.74) is 0.309. The van der Waals surface area contributed by atoms with Gasteiger partial charge in [-0.3, -0.25) is 14.5 Å². The highest BCUT2D eigenvalue weighted by Gasteiger charge is 2.30. The van der Waals surface area contributed by atoms with Crippen LogP contribution in [0.2, 0.25) is 0 Å². The molecule has 10 heteroatoms. The van der Waals surface area contributed by atoms with Crippen LogP contribution in [0.25, 0.3) is 10.9 Å². The number of nitrogens with zero attached hydrogens (tertiary/aromatic N) is 4. The van der Waals surface area contributed by atoms with Crippen LogP contribution in [0.3, 0.4) is 0 Å². The van der Waals surface area contributed by atoms with Gasteiger partial charge in [-0.05, 0) is 28.4 Å². The van der Waals surface area contributed by atoms with Gasteiger partial charge in [0.15, 0.2) is 0 Å². The molecule has 0 spiro atoms. The first-order valence-corrected chi connectivity index (χ1v) is 8.10. The molecular weight excluding hydrogens is 393 g/mol. The number of ether oxygens (including phenoxy) is 1. The van der Waals surface area contributed by atoms with Crippen molar-refractivity contribution in [3.8, 4) is 0 Å². The normalized spacial score (nSPS) is 16.4. The number of aromatic nitrogens is 3. The SMILES string of the molecule is O=C(c1cc2c(cn1)c(Br)nn2CC(F)(F)F)N1CCCOCC1. The molecule has 0 bridgehead atoms. The van der Waals surface area contributed by atoms with Crippen molar-refractivity contribution in [1.82, 2.24) is 19.7 Å². The molecule has 24 heavy (non-hydrogen) atoms. The Hall–Kier alpha value is -1.68. The summed E-state index contributed by atoms with van der Waals surface area (Å²) in [5.74, 6) is -0.321. The molecule has 0 aromatic carbocycles. The second-order valence-electron chi connectivity index (χ2n) is 5.41. The van der Waals surface area contributed by atoms with Gasteiger partial charge in [0.05, 0.1) is 17.5 Å². The number of carbonyl (C=O) groups excluding carboxylic acids is 1. The standard InChI is InChI=1S/C14H14BrF3N4O2/c15-12-9-7-19-10(13(23)21-2-1-4-24-5-3-21)6-11(9)22(20-12)8-14(16,17)18/h6-7H,1-5,8H2. The van der Waals surface area contributed by atoms with Gasteiger partial charge in [-0.1, -0.05) is 0 Å². The van der Waals surface area contributed by atoms with Gasteiger partial charge in [0, 0.05) is 25.9 Å². The third-order valence-corrected chi connectivity index (χ3v) is 4.23. The number of rotatable bonds is 2. The maximum atomic E-state index is 12.7. The zero-order valence-electron chi connectivity index (χ0n) is 12.5. The van der Waals surface area contributed by atoms with Crippen molar-refractivity contribution in [3.63, 3.8) is 0 Å². The summed E-state index contributed by atoms with van der Waals surface area (Å²) in [5, 5.41) is 4.26. The van der Waals surface area contributed by atoms with Gasteiger partial charge in [-0.15, -0.1) is 0 Å². The summed E-state index contributed by atoms with van der Waals surface area (Å²) >= 11 is 3.12. The fraction of sp³-hybridized carbons (Fsp3) is 0.500. The van der Waals surface area contributed by atoms with Crippen LogP contribution in [0.1, 0.15) is 16.9 Å². The Bertz CT molecular complexity index is 754. The molecule has 0 atom stereocenters. The second kappa shape index (κ2) is 6.67. The van der Waals surface area contributed by atoms with Crippen LogP contribution >= 0.6 is 15.9 Å². The summed E-state index contributed by atoms with van der Waals surface area (Å²) < 4.78 is 44.5. The summed E-state index contributed by atoms with van der Waals surface area (Å²) in [7, 11) is 0. The van der Waals surface area contributed by atoms with Crippen molar-refractivity contribution in [2.75, 3.05) is 26.3 Å². The van der Waals surface area contributed by atoms with Gasteiger partial charge in [-0.25, -0.2) is 0 Å². The highest BCUT2D eigenvalue weighted by Crippen LogP contribution is 2.27. The van der Waals surface area contributed by atoms with Crippen molar-refractivity contribution in [2.24, 2.45) is 0 Å². The van der Waals surface area contributed by atoms with Crippen LogP contribution in [0.5, 0.6) is 0 Å². The number of amides is 1. The molecule has 1 fully saturated rings. The first-order chi connectivity index (χ1) is 11.3. The summed E-state index contributed by atoms with van der Waals surface area (Å²) in [4.78, 5) is 18.2. The van der Waals surface area contributed by atoms with Crippen LogP contribution < -0.4 is 0 Å². The molecule has 0 radical (unpaired) electrons. The molecule has 0 saturated carbocycles. The number of alkyl halides is 3. The molecule has 3 heterocycles. The maximum absolute atomic E-state index is 12.7.